The van der Waals surface area contributed by atoms with Gasteiger partial charge in [-0.3, -0.25) is 9.69 Å². The molecule has 2 aromatic rings. The van der Waals surface area contributed by atoms with Gasteiger partial charge in [0.25, 0.3) is 0 Å². The highest BCUT2D eigenvalue weighted by Gasteiger charge is 2.38. The molecule has 0 saturated carbocycles. The van der Waals surface area contributed by atoms with E-state index >= 15 is 0 Å². The van der Waals surface area contributed by atoms with Crippen molar-refractivity contribution in [1.82, 2.24) is 4.90 Å². The molecule has 0 N–H and O–H groups in total. The predicted molar refractivity (Wildman–Crippen MR) is 132 cm³/mol. The van der Waals surface area contributed by atoms with Crippen molar-refractivity contribution in [2.75, 3.05) is 13.1 Å². The van der Waals surface area contributed by atoms with Crippen LogP contribution in [0.1, 0.15) is 51.2 Å². The molecule has 4 heteroatoms. The number of ketones is 1. The lowest BCUT2D eigenvalue weighted by atomic mass is 9.90. The smallest absolute Gasteiger partial charge is 0.250 e. The van der Waals surface area contributed by atoms with Crippen LogP contribution in [-0.2, 0) is 17.8 Å². The second kappa shape index (κ2) is 10.1. The summed E-state index contributed by atoms with van der Waals surface area (Å²) in [6.07, 6.45) is 3.49. The minimum atomic E-state index is -1.83. The van der Waals surface area contributed by atoms with Crippen molar-refractivity contribution in [2.24, 2.45) is 5.92 Å². The Morgan fingerprint density at radius 3 is 2.16 bits per heavy atom. The van der Waals surface area contributed by atoms with Crippen LogP contribution in [0, 0.1) is 5.92 Å². The van der Waals surface area contributed by atoms with Crippen LogP contribution in [-0.4, -0.2) is 32.1 Å². The van der Waals surface area contributed by atoms with E-state index in [0.29, 0.717) is 24.5 Å². The number of likely N-dealkylation sites (tertiary alicyclic amines) is 1. The van der Waals surface area contributed by atoms with E-state index in [-0.39, 0.29) is 5.04 Å². The fourth-order valence-electron chi connectivity index (χ4n) is 3.94. The maximum atomic E-state index is 12.7. The van der Waals surface area contributed by atoms with Crippen LogP contribution in [0.2, 0.25) is 18.1 Å². The molecule has 0 atom stereocenters. The number of piperidine rings is 1. The summed E-state index contributed by atoms with van der Waals surface area (Å²) in [4.78, 5) is 15.2. The van der Waals surface area contributed by atoms with Gasteiger partial charge >= 0.3 is 0 Å². The SMILES string of the molecule is CC(C)(C)[Si](C)(C)Oc1ccc(CC(=O)CC2CCN(Cc3ccccc3)CC2)cc1. The van der Waals surface area contributed by atoms with Crippen molar-refractivity contribution in [3.05, 3.63) is 65.7 Å². The lowest BCUT2D eigenvalue weighted by molar-refractivity contribution is -0.119. The normalized spacial score (nSPS) is 16.3. The van der Waals surface area contributed by atoms with Crippen LogP contribution in [0.4, 0.5) is 0 Å². The molecule has 0 bridgehead atoms. The number of nitrogens with zero attached hydrogens (tertiary/aromatic N) is 1. The van der Waals surface area contributed by atoms with E-state index in [1.807, 2.05) is 12.1 Å². The summed E-state index contributed by atoms with van der Waals surface area (Å²) in [6.45, 7) is 14.5. The van der Waals surface area contributed by atoms with Gasteiger partial charge in [0.15, 0.2) is 0 Å². The lowest BCUT2D eigenvalue weighted by Crippen LogP contribution is -2.43. The molecule has 3 nitrogen and oxygen atoms in total. The third-order valence-electron chi connectivity index (χ3n) is 6.98. The van der Waals surface area contributed by atoms with Crippen LogP contribution in [0.25, 0.3) is 0 Å². The highest BCUT2D eigenvalue weighted by Crippen LogP contribution is 2.37. The number of Topliss-reactive ketones (excluding diaryl/α,β-unsaturated/α-hetero) is 1. The number of hydrogen-bond acceptors (Lipinski definition) is 3. The third kappa shape index (κ3) is 7.05. The Labute approximate surface area is 189 Å². The molecule has 0 aliphatic carbocycles. The van der Waals surface area contributed by atoms with E-state index in [1.54, 1.807) is 0 Å². The van der Waals surface area contributed by atoms with Gasteiger partial charge in [-0.1, -0.05) is 63.2 Å². The molecule has 3 rings (SSSR count). The molecule has 2 aromatic carbocycles. The fourth-order valence-corrected chi connectivity index (χ4v) is 4.97. The number of benzene rings is 2. The summed E-state index contributed by atoms with van der Waals surface area (Å²) in [6, 6.07) is 18.8. The predicted octanol–water partition coefficient (Wildman–Crippen LogP) is 6.48. The Balaban J connectivity index is 1.43. The zero-order valence-corrected chi connectivity index (χ0v) is 21.0. The topological polar surface area (TPSA) is 29.5 Å². The molecule has 31 heavy (non-hydrogen) atoms. The first kappa shape index (κ1) is 23.7. The second-order valence-corrected chi connectivity index (χ2v) is 15.4. The molecule has 0 radical (unpaired) electrons. The first-order chi connectivity index (χ1) is 14.6. The molecule has 0 amide bonds. The summed E-state index contributed by atoms with van der Waals surface area (Å²) in [7, 11) is -1.83. The van der Waals surface area contributed by atoms with E-state index in [4.69, 9.17) is 4.43 Å². The minimum absolute atomic E-state index is 0.179. The Morgan fingerprint density at radius 2 is 1.58 bits per heavy atom. The molecule has 0 unspecified atom stereocenters. The van der Waals surface area contributed by atoms with Gasteiger partial charge in [-0.25, -0.2) is 0 Å². The van der Waals surface area contributed by atoms with E-state index in [9.17, 15) is 4.79 Å². The molecule has 1 aliphatic heterocycles. The molecular weight excluding hydrogens is 398 g/mol. The lowest BCUT2D eigenvalue weighted by Gasteiger charge is -2.36. The Morgan fingerprint density at radius 1 is 0.968 bits per heavy atom. The summed E-state index contributed by atoms with van der Waals surface area (Å²) in [5.74, 6) is 1.81. The standard InChI is InChI=1S/C27H39NO2Si/c1-27(2,3)31(4,5)30-26-13-11-22(12-14-26)19-25(29)20-23-15-17-28(18-16-23)21-24-9-7-6-8-10-24/h6-14,23H,15-21H2,1-5H3. The minimum Gasteiger partial charge on any atom is -0.544 e. The van der Waals surface area contributed by atoms with Gasteiger partial charge in [0, 0.05) is 19.4 Å². The Bertz CT molecular complexity index is 832. The van der Waals surface area contributed by atoms with Gasteiger partial charge in [-0.15, -0.1) is 0 Å². The zero-order valence-electron chi connectivity index (χ0n) is 20.0. The molecule has 1 fully saturated rings. The van der Waals surface area contributed by atoms with Gasteiger partial charge in [0.2, 0.25) is 8.32 Å². The fraction of sp³-hybridized carbons (Fsp3) is 0.519. The molecule has 1 saturated heterocycles. The van der Waals surface area contributed by atoms with Crippen molar-refractivity contribution >= 4 is 14.1 Å². The van der Waals surface area contributed by atoms with Crippen molar-refractivity contribution in [1.29, 1.82) is 0 Å². The van der Waals surface area contributed by atoms with Gasteiger partial charge in [-0.2, -0.15) is 0 Å². The average Bonchev–Trinajstić information content (AvgIpc) is 2.71. The quantitative estimate of drug-likeness (QED) is 0.442. The van der Waals surface area contributed by atoms with Gasteiger partial charge in [0.1, 0.15) is 11.5 Å². The van der Waals surface area contributed by atoms with E-state index in [2.05, 4.69) is 81.2 Å². The number of carbonyl (C=O) groups excluding carboxylic acids is 1. The van der Waals surface area contributed by atoms with Crippen molar-refractivity contribution in [3.63, 3.8) is 0 Å². The number of carbonyl (C=O) groups is 1. The molecule has 1 heterocycles. The number of hydrogen-bond donors (Lipinski definition) is 0. The highest BCUT2D eigenvalue weighted by atomic mass is 28.4. The van der Waals surface area contributed by atoms with Crippen LogP contribution in [0.3, 0.4) is 0 Å². The summed E-state index contributed by atoms with van der Waals surface area (Å²) in [5, 5.41) is 0.179. The van der Waals surface area contributed by atoms with Crippen molar-refractivity contribution in [3.8, 4) is 5.75 Å². The first-order valence-corrected chi connectivity index (χ1v) is 14.6. The van der Waals surface area contributed by atoms with Crippen LogP contribution in [0.15, 0.2) is 54.6 Å². The average molecular weight is 438 g/mol. The summed E-state index contributed by atoms with van der Waals surface area (Å²) < 4.78 is 6.35. The maximum Gasteiger partial charge on any atom is 0.250 e. The van der Waals surface area contributed by atoms with Crippen LogP contribution in [0.5, 0.6) is 5.75 Å². The third-order valence-corrected chi connectivity index (χ3v) is 11.3. The molecule has 1 aliphatic rings. The molecule has 0 aromatic heterocycles. The summed E-state index contributed by atoms with van der Waals surface area (Å²) >= 11 is 0. The summed E-state index contributed by atoms with van der Waals surface area (Å²) in [5.41, 5.74) is 2.46. The van der Waals surface area contributed by atoms with Gasteiger partial charge in [-0.05, 0) is 73.2 Å². The van der Waals surface area contributed by atoms with Gasteiger partial charge in [0.05, 0.1) is 0 Å². The molecule has 168 valence electrons. The van der Waals surface area contributed by atoms with E-state index in [1.165, 1.54) is 5.56 Å². The van der Waals surface area contributed by atoms with Crippen molar-refractivity contribution in [2.45, 2.75) is 71.1 Å². The first-order valence-electron chi connectivity index (χ1n) is 11.7. The Kier molecular flexibility index (Phi) is 7.76. The molecular formula is C27H39NO2Si. The zero-order chi connectivity index (χ0) is 22.5. The van der Waals surface area contributed by atoms with Crippen LogP contribution >= 0.6 is 0 Å². The largest absolute Gasteiger partial charge is 0.544 e. The Hall–Kier alpha value is -1.91. The highest BCUT2D eigenvalue weighted by molar-refractivity contribution is 6.74. The van der Waals surface area contributed by atoms with E-state index in [0.717, 1.165) is 43.8 Å². The maximum absolute atomic E-state index is 12.7. The van der Waals surface area contributed by atoms with Crippen molar-refractivity contribution < 1.29 is 9.22 Å². The van der Waals surface area contributed by atoms with E-state index < -0.39 is 8.32 Å². The monoisotopic (exact) mass is 437 g/mol. The van der Waals surface area contributed by atoms with Crippen LogP contribution < -0.4 is 4.43 Å². The second-order valence-electron chi connectivity index (χ2n) is 10.6. The molecule has 0 spiro atoms. The number of rotatable bonds is 8. The van der Waals surface area contributed by atoms with Gasteiger partial charge < -0.3 is 4.43 Å².